The first kappa shape index (κ1) is 7.79. The summed E-state index contributed by atoms with van der Waals surface area (Å²) in [4.78, 5) is 14.6. The molecule has 0 unspecified atom stereocenters. The molecule has 0 spiro atoms. The van der Waals surface area contributed by atoms with Crippen LogP contribution in [0.4, 0.5) is 0 Å². The topological polar surface area (TPSA) is 50.7 Å². The van der Waals surface area contributed by atoms with Crippen molar-refractivity contribution in [2.45, 2.75) is 6.92 Å². The highest BCUT2D eigenvalue weighted by atomic mass is 16.1. The molecule has 0 saturated carbocycles. The SMILES string of the molecule is Cc1nc(=O)[nH]n1-c1ccccc1. The number of H-pyrrole nitrogens is 1. The number of nitrogens with one attached hydrogen (secondary N) is 1. The molecule has 4 heteroatoms. The van der Waals surface area contributed by atoms with Crippen molar-refractivity contribution in [1.82, 2.24) is 14.8 Å². The first-order valence-electron chi connectivity index (χ1n) is 3.98. The number of aromatic amines is 1. The van der Waals surface area contributed by atoms with Gasteiger partial charge >= 0.3 is 5.69 Å². The molecule has 0 radical (unpaired) electrons. The summed E-state index contributed by atoms with van der Waals surface area (Å²) in [5, 5.41) is 2.61. The molecule has 1 N–H and O–H groups in total. The molecule has 0 aliphatic rings. The van der Waals surface area contributed by atoms with Gasteiger partial charge in [0.1, 0.15) is 5.82 Å². The Kier molecular flexibility index (Phi) is 1.73. The highest BCUT2D eigenvalue weighted by molar-refractivity contribution is 5.30. The van der Waals surface area contributed by atoms with Crippen LogP contribution in [0.3, 0.4) is 0 Å². The molecule has 4 nitrogen and oxygen atoms in total. The maximum absolute atomic E-state index is 10.9. The number of para-hydroxylation sites is 1. The fraction of sp³-hybridized carbons (Fsp3) is 0.111. The lowest BCUT2D eigenvalue weighted by Crippen LogP contribution is -2.04. The van der Waals surface area contributed by atoms with Crippen molar-refractivity contribution in [1.29, 1.82) is 0 Å². The van der Waals surface area contributed by atoms with Gasteiger partial charge in [-0.25, -0.2) is 14.6 Å². The molecule has 0 atom stereocenters. The van der Waals surface area contributed by atoms with Crippen LogP contribution in [0.25, 0.3) is 5.69 Å². The number of benzene rings is 1. The number of aromatic nitrogens is 3. The van der Waals surface area contributed by atoms with Crippen molar-refractivity contribution in [2.24, 2.45) is 0 Å². The van der Waals surface area contributed by atoms with E-state index < -0.39 is 0 Å². The molecule has 0 aliphatic carbocycles. The van der Waals surface area contributed by atoms with Crippen LogP contribution < -0.4 is 5.69 Å². The Labute approximate surface area is 74.8 Å². The Morgan fingerprint density at radius 3 is 2.54 bits per heavy atom. The summed E-state index contributed by atoms with van der Waals surface area (Å²) in [6, 6.07) is 9.56. The van der Waals surface area contributed by atoms with Gasteiger partial charge in [-0.1, -0.05) is 18.2 Å². The van der Waals surface area contributed by atoms with Crippen LogP contribution in [0.5, 0.6) is 0 Å². The average Bonchev–Trinajstić information content (AvgIpc) is 2.47. The maximum atomic E-state index is 10.9. The summed E-state index contributed by atoms with van der Waals surface area (Å²) in [6.07, 6.45) is 0. The van der Waals surface area contributed by atoms with Gasteiger partial charge in [0, 0.05) is 0 Å². The minimum atomic E-state index is -0.318. The molecule has 2 aromatic rings. The lowest BCUT2D eigenvalue weighted by molar-refractivity contribution is 0.832. The van der Waals surface area contributed by atoms with E-state index in [0.717, 1.165) is 5.69 Å². The van der Waals surface area contributed by atoms with E-state index in [1.165, 1.54) is 0 Å². The van der Waals surface area contributed by atoms with Gasteiger partial charge < -0.3 is 0 Å². The number of hydrogen-bond acceptors (Lipinski definition) is 2. The van der Waals surface area contributed by atoms with E-state index >= 15 is 0 Å². The van der Waals surface area contributed by atoms with E-state index in [1.807, 2.05) is 30.3 Å². The predicted octanol–water partition coefficient (Wildman–Crippen LogP) is 0.869. The smallest absolute Gasteiger partial charge is 0.244 e. The highest BCUT2D eigenvalue weighted by Crippen LogP contribution is 2.04. The Bertz CT molecular complexity index is 455. The molecular weight excluding hydrogens is 166 g/mol. The van der Waals surface area contributed by atoms with E-state index in [-0.39, 0.29) is 5.69 Å². The van der Waals surface area contributed by atoms with Crippen LogP contribution in [0, 0.1) is 6.92 Å². The molecule has 0 amide bonds. The van der Waals surface area contributed by atoms with Gasteiger partial charge in [0.2, 0.25) is 0 Å². The third-order valence-corrected chi connectivity index (χ3v) is 1.81. The Hall–Kier alpha value is -1.84. The van der Waals surface area contributed by atoms with Crippen molar-refractivity contribution in [3.63, 3.8) is 0 Å². The second-order valence-corrected chi connectivity index (χ2v) is 2.75. The molecule has 1 heterocycles. The molecule has 0 fully saturated rings. The molecule has 1 aromatic heterocycles. The molecule has 13 heavy (non-hydrogen) atoms. The van der Waals surface area contributed by atoms with Crippen molar-refractivity contribution < 1.29 is 0 Å². The summed E-state index contributed by atoms with van der Waals surface area (Å²) in [5.74, 6) is 0.663. The Balaban J connectivity index is 2.59. The first-order chi connectivity index (χ1) is 6.27. The van der Waals surface area contributed by atoms with E-state index in [0.29, 0.717) is 5.82 Å². The third kappa shape index (κ3) is 1.38. The van der Waals surface area contributed by atoms with Crippen molar-refractivity contribution >= 4 is 0 Å². The highest BCUT2D eigenvalue weighted by Gasteiger charge is 2.01. The van der Waals surface area contributed by atoms with Gasteiger partial charge in [-0.3, -0.25) is 0 Å². The fourth-order valence-electron chi connectivity index (χ4n) is 1.23. The molecule has 1 aromatic carbocycles. The van der Waals surface area contributed by atoms with Crippen LogP contribution in [0.15, 0.2) is 35.1 Å². The van der Waals surface area contributed by atoms with Crippen molar-refractivity contribution in [2.75, 3.05) is 0 Å². The van der Waals surface area contributed by atoms with Gasteiger partial charge in [-0.2, -0.15) is 4.98 Å². The zero-order valence-corrected chi connectivity index (χ0v) is 7.19. The summed E-state index contributed by atoms with van der Waals surface area (Å²) >= 11 is 0. The number of aryl methyl sites for hydroxylation is 1. The molecule has 0 bridgehead atoms. The van der Waals surface area contributed by atoms with Gasteiger partial charge in [-0.05, 0) is 19.1 Å². The largest absolute Gasteiger partial charge is 0.361 e. The lowest BCUT2D eigenvalue weighted by Gasteiger charge is -2.01. The summed E-state index contributed by atoms with van der Waals surface area (Å²) in [6.45, 7) is 1.78. The van der Waals surface area contributed by atoms with Crippen LogP contribution in [0.2, 0.25) is 0 Å². The number of nitrogens with zero attached hydrogens (tertiary/aromatic N) is 2. The lowest BCUT2D eigenvalue weighted by atomic mass is 10.3. The van der Waals surface area contributed by atoms with Crippen LogP contribution in [0.1, 0.15) is 5.82 Å². The number of hydrogen-bond donors (Lipinski definition) is 1. The van der Waals surface area contributed by atoms with Gasteiger partial charge in [-0.15, -0.1) is 0 Å². The zero-order valence-electron chi connectivity index (χ0n) is 7.19. The molecule has 0 aliphatic heterocycles. The monoisotopic (exact) mass is 175 g/mol. The van der Waals surface area contributed by atoms with Crippen molar-refractivity contribution in [3.8, 4) is 5.69 Å². The van der Waals surface area contributed by atoms with Gasteiger partial charge in [0.05, 0.1) is 5.69 Å². The quantitative estimate of drug-likeness (QED) is 0.699. The first-order valence-corrected chi connectivity index (χ1v) is 3.98. The summed E-state index contributed by atoms with van der Waals surface area (Å²) < 4.78 is 1.66. The Morgan fingerprint density at radius 1 is 1.31 bits per heavy atom. The third-order valence-electron chi connectivity index (χ3n) is 1.81. The minimum Gasteiger partial charge on any atom is -0.244 e. The number of rotatable bonds is 1. The van der Waals surface area contributed by atoms with E-state index in [4.69, 9.17) is 0 Å². The van der Waals surface area contributed by atoms with Crippen molar-refractivity contribution in [3.05, 3.63) is 46.6 Å². The minimum absolute atomic E-state index is 0.318. The van der Waals surface area contributed by atoms with E-state index in [1.54, 1.807) is 11.6 Å². The normalized spacial score (nSPS) is 10.2. The average molecular weight is 175 g/mol. The van der Waals surface area contributed by atoms with Gasteiger partial charge in [0.15, 0.2) is 0 Å². The van der Waals surface area contributed by atoms with Crippen LogP contribution in [-0.2, 0) is 0 Å². The zero-order chi connectivity index (χ0) is 9.26. The standard InChI is InChI=1S/C9H9N3O/c1-7-10-9(13)11-12(7)8-5-3-2-4-6-8/h2-6H,1H3,(H,11,13). The molecule has 2 rings (SSSR count). The van der Waals surface area contributed by atoms with E-state index in [2.05, 4.69) is 10.1 Å². The second-order valence-electron chi connectivity index (χ2n) is 2.75. The molecule has 66 valence electrons. The molecular formula is C9H9N3O. The summed E-state index contributed by atoms with van der Waals surface area (Å²) in [5.41, 5.74) is 0.593. The Morgan fingerprint density at radius 2 is 2.00 bits per heavy atom. The fourth-order valence-corrected chi connectivity index (χ4v) is 1.23. The van der Waals surface area contributed by atoms with Crippen LogP contribution in [-0.4, -0.2) is 14.8 Å². The van der Waals surface area contributed by atoms with E-state index in [9.17, 15) is 4.79 Å². The van der Waals surface area contributed by atoms with Gasteiger partial charge in [0.25, 0.3) is 0 Å². The maximum Gasteiger partial charge on any atom is 0.361 e. The predicted molar refractivity (Wildman–Crippen MR) is 48.9 cm³/mol. The van der Waals surface area contributed by atoms with Crippen LogP contribution >= 0.6 is 0 Å². The second kappa shape index (κ2) is 2.90. The summed E-state index contributed by atoms with van der Waals surface area (Å²) in [7, 11) is 0. The molecule has 0 saturated heterocycles.